The summed E-state index contributed by atoms with van der Waals surface area (Å²) in [5.41, 5.74) is 1.41. The van der Waals surface area contributed by atoms with Gasteiger partial charge >= 0.3 is 0 Å². The van der Waals surface area contributed by atoms with Crippen molar-refractivity contribution in [2.75, 3.05) is 66.5 Å². The Morgan fingerprint density at radius 1 is 1.03 bits per heavy atom. The molecule has 10 nitrogen and oxygen atoms in total. The summed E-state index contributed by atoms with van der Waals surface area (Å²) in [7, 11) is -0.773. The number of likely N-dealkylation sites (tertiary alicyclic amines) is 1. The molecular formula is C26H39N5O5S. The van der Waals surface area contributed by atoms with Crippen molar-refractivity contribution in [1.82, 2.24) is 24.0 Å². The molecule has 0 unspecified atom stereocenters. The normalized spacial score (nSPS) is 17.6. The Labute approximate surface area is 220 Å². The summed E-state index contributed by atoms with van der Waals surface area (Å²) in [6.45, 7) is 11.1. The molecule has 37 heavy (non-hydrogen) atoms. The number of hydrogen-bond acceptors (Lipinski definition) is 8. The fourth-order valence-corrected chi connectivity index (χ4v) is 6.73. The van der Waals surface area contributed by atoms with Crippen molar-refractivity contribution in [2.24, 2.45) is 0 Å². The van der Waals surface area contributed by atoms with Crippen molar-refractivity contribution in [2.45, 2.75) is 44.6 Å². The van der Waals surface area contributed by atoms with Gasteiger partial charge in [-0.1, -0.05) is 0 Å². The van der Waals surface area contributed by atoms with Crippen LogP contribution in [0.5, 0.6) is 5.75 Å². The maximum absolute atomic E-state index is 13.3. The number of piperazine rings is 1. The molecule has 1 aromatic heterocycles. The number of ether oxygens (including phenoxy) is 1. The van der Waals surface area contributed by atoms with Gasteiger partial charge in [-0.3, -0.25) is 9.69 Å². The van der Waals surface area contributed by atoms with Gasteiger partial charge in [0.1, 0.15) is 12.0 Å². The van der Waals surface area contributed by atoms with E-state index in [4.69, 9.17) is 9.15 Å². The molecule has 2 aromatic rings. The second-order valence-electron chi connectivity index (χ2n) is 10.0. The van der Waals surface area contributed by atoms with Gasteiger partial charge in [0.15, 0.2) is 5.69 Å². The van der Waals surface area contributed by atoms with E-state index in [0.29, 0.717) is 30.0 Å². The van der Waals surface area contributed by atoms with Crippen LogP contribution in [0.25, 0.3) is 0 Å². The summed E-state index contributed by atoms with van der Waals surface area (Å²) in [5.74, 6) is 0.605. The summed E-state index contributed by atoms with van der Waals surface area (Å²) >= 11 is 0. The molecule has 2 aliphatic heterocycles. The number of nitrogens with zero attached hydrogens (tertiary/aromatic N) is 5. The average Bonchev–Trinajstić information content (AvgIpc) is 3.56. The van der Waals surface area contributed by atoms with E-state index in [1.54, 1.807) is 38.0 Å². The number of methoxy groups -OCH3 is 1. The van der Waals surface area contributed by atoms with Gasteiger partial charge < -0.3 is 19.0 Å². The van der Waals surface area contributed by atoms with Gasteiger partial charge in [0.05, 0.1) is 18.6 Å². The molecule has 3 heterocycles. The van der Waals surface area contributed by atoms with Gasteiger partial charge in [-0.25, -0.2) is 13.4 Å². The molecule has 11 heteroatoms. The summed E-state index contributed by atoms with van der Waals surface area (Å²) in [5, 5.41) is 0. The Kier molecular flexibility index (Phi) is 8.89. The molecule has 2 fully saturated rings. The molecule has 204 valence electrons. The molecule has 0 atom stereocenters. The van der Waals surface area contributed by atoms with Crippen molar-refractivity contribution in [3.8, 4) is 5.75 Å². The third-order valence-corrected chi connectivity index (χ3v) is 9.38. The van der Waals surface area contributed by atoms with Crippen molar-refractivity contribution in [3.05, 3.63) is 41.1 Å². The molecule has 0 spiro atoms. The van der Waals surface area contributed by atoms with Crippen LogP contribution in [0.4, 0.5) is 0 Å². The van der Waals surface area contributed by atoms with Crippen LogP contribution in [-0.2, 0) is 16.6 Å². The molecule has 4 rings (SSSR count). The van der Waals surface area contributed by atoms with Crippen LogP contribution in [0, 0.1) is 13.8 Å². The minimum absolute atomic E-state index is 0.0781. The van der Waals surface area contributed by atoms with E-state index in [1.165, 1.54) is 43.5 Å². The van der Waals surface area contributed by atoms with Crippen LogP contribution >= 0.6 is 0 Å². The number of aromatic nitrogens is 1. The average molecular weight is 534 g/mol. The Hall–Kier alpha value is -2.47. The highest BCUT2D eigenvalue weighted by molar-refractivity contribution is 7.89. The number of carbonyl (C=O) groups is 1. The summed E-state index contributed by atoms with van der Waals surface area (Å²) in [6.07, 6.45) is 5.12. The number of sulfonamides is 1. The lowest BCUT2D eigenvalue weighted by molar-refractivity contribution is 0.0627. The van der Waals surface area contributed by atoms with Crippen LogP contribution in [0.2, 0.25) is 0 Å². The SMILES string of the molecule is COc1cc(C)c(S(=O)(=O)N(C)Cc2nc(C(=O)N3CCN(CCCN4CCCC4)CC3)co2)c(C)c1. The topological polar surface area (TPSA) is 99.4 Å². The second-order valence-corrected chi connectivity index (χ2v) is 12.0. The van der Waals surface area contributed by atoms with Crippen LogP contribution in [0.15, 0.2) is 27.7 Å². The number of rotatable bonds is 10. The second kappa shape index (κ2) is 11.9. The lowest BCUT2D eigenvalue weighted by atomic mass is 10.1. The van der Waals surface area contributed by atoms with E-state index < -0.39 is 10.0 Å². The van der Waals surface area contributed by atoms with Crippen LogP contribution in [0.1, 0.15) is 46.8 Å². The van der Waals surface area contributed by atoms with Gasteiger partial charge in [-0.05, 0) is 82.5 Å². The maximum atomic E-state index is 13.3. The Morgan fingerprint density at radius 2 is 1.62 bits per heavy atom. The number of hydrogen-bond donors (Lipinski definition) is 0. The Morgan fingerprint density at radius 3 is 2.22 bits per heavy atom. The number of benzene rings is 1. The molecule has 1 amide bonds. The third kappa shape index (κ3) is 6.51. The van der Waals surface area contributed by atoms with E-state index in [0.717, 1.165) is 32.6 Å². The summed E-state index contributed by atoms with van der Waals surface area (Å²) in [6, 6.07) is 3.39. The highest BCUT2D eigenvalue weighted by Crippen LogP contribution is 2.28. The zero-order valence-electron chi connectivity index (χ0n) is 22.4. The first kappa shape index (κ1) is 27.6. The first-order valence-corrected chi connectivity index (χ1v) is 14.4. The fraction of sp³-hybridized carbons (Fsp3) is 0.615. The van der Waals surface area contributed by atoms with Crippen molar-refractivity contribution in [3.63, 3.8) is 0 Å². The quantitative estimate of drug-likeness (QED) is 0.459. The molecule has 0 saturated carbocycles. The summed E-state index contributed by atoms with van der Waals surface area (Å²) < 4.78 is 38.5. The molecular weight excluding hydrogens is 494 g/mol. The Bertz CT molecular complexity index is 1160. The van der Waals surface area contributed by atoms with Crippen molar-refractivity contribution < 1.29 is 22.4 Å². The highest BCUT2D eigenvalue weighted by Gasteiger charge is 2.28. The molecule has 0 bridgehead atoms. The minimum atomic E-state index is -3.80. The largest absolute Gasteiger partial charge is 0.497 e. The third-order valence-electron chi connectivity index (χ3n) is 7.27. The zero-order chi connectivity index (χ0) is 26.6. The minimum Gasteiger partial charge on any atom is -0.497 e. The number of amides is 1. The van der Waals surface area contributed by atoms with Gasteiger partial charge in [0.25, 0.3) is 5.91 Å². The first-order chi connectivity index (χ1) is 17.7. The van der Waals surface area contributed by atoms with Crippen LogP contribution in [-0.4, -0.2) is 105 Å². The van der Waals surface area contributed by atoms with Gasteiger partial charge in [-0.15, -0.1) is 0 Å². The fourth-order valence-electron chi connectivity index (χ4n) is 5.21. The lowest BCUT2D eigenvalue weighted by Crippen LogP contribution is -2.49. The monoisotopic (exact) mass is 533 g/mol. The maximum Gasteiger partial charge on any atom is 0.275 e. The summed E-state index contributed by atoms with van der Waals surface area (Å²) in [4.78, 5) is 24.3. The smallest absolute Gasteiger partial charge is 0.275 e. The van der Waals surface area contributed by atoms with E-state index in [9.17, 15) is 13.2 Å². The molecule has 2 aliphatic rings. The van der Waals surface area contributed by atoms with E-state index in [-0.39, 0.29) is 28.9 Å². The Balaban J connectivity index is 1.30. The number of aryl methyl sites for hydroxylation is 2. The molecule has 0 aliphatic carbocycles. The molecule has 2 saturated heterocycles. The highest BCUT2D eigenvalue weighted by atomic mass is 32.2. The predicted octanol–water partition coefficient (Wildman–Crippen LogP) is 2.36. The van der Waals surface area contributed by atoms with Crippen LogP contribution in [0.3, 0.4) is 0 Å². The molecule has 0 N–H and O–H groups in total. The standard InChI is InChI=1S/C26H39N5O5S/c1-20-16-22(35-4)17-21(2)25(20)37(33,34)28(3)18-24-27-23(19-36-24)26(32)31-14-12-30(13-15-31)11-7-10-29-8-5-6-9-29/h16-17,19H,5-15,18H2,1-4H3. The van der Waals surface area contributed by atoms with E-state index in [1.807, 2.05) is 0 Å². The van der Waals surface area contributed by atoms with Gasteiger partial charge in [0, 0.05) is 33.2 Å². The zero-order valence-corrected chi connectivity index (χ0v) is 23.2. The predicted molar refractivity (Wildman–Crippen MR) is 140 cm³/mol. The molecule has 0 radical (unpaired) electrons. The van der Waals surface area contributed by atoms with Crippen molar-refractivity contribution in [1.29, 1.82) is 0 Å². The number of carbonyl (C=O) groups excluding carboxylic acids is 1. The molecule has 1 aromatic carbocycles. The van der Waals surface area contributed by atoms with E-state index >= 15 is 0 Å². The lowest BCUT2D eigenvalue weighted by Gasteiger charge is -2.34. The van der Waals surface area contributed by atoms with E-state index in [2.05, 4.69) is 14.8 Å². The van der Waals surface area contributed by atoms with Gasteiger partial charge in [-0.2, -0.15) is 4.31 Å². The van der Waals surface area contributed by atoms with Crippen molar-refractivity contribution >= 4 is 15.9 Å². The first-order valence-electron chi connectivity index (χ1n) is 13.0. The van der Waals surface area contributed by atoms with Crippen LogP contribution < -0.4 is 4.74 Å². The van der Waals surface area contributed by atoms with Gasteiger partial charge in [0.2, 0.25) is 15.9 Å². The number of oxazole rings is 1.